The SMILES string of the molecule is CCCCCCCCCCCCCCCCCCCCCC(=O)OC[C@H](COP(=O)(O)OC[C@@H](O)COP(=O)(O)OC[C@@H](COC(=O)CCCCCCCCCCC(C)C)OC(=O)CCCCCCCCCCCC(C)C)OC(=O)CCCCCCCCCCCCCCCCCCCCC(C)CC. The van der Waals surface area contributed by atoms with Crippen molar-refractivity contribution in [3.8, 4) is 0 Å². The average molecular weight is 1520 g/mol. The molecule has 0 spiro atoms. The Hall–Kier alpha value is -1.94. The molecule has 0 saturated heterocycles. The van der Waals surface area contributed by atoms with E-state index in [1.807, 2.05) is 0 Å². The zero-order chi connectivity index (χ0) is 76.5. The molecule has 0 bridgehead atoms. The number of phosphoric acid groups is 2. The van der Waals surface area contributed by atoms with Crippen molar-refractivity contribution in [2.75, 3.05) is 39.6 Å². The number of carbonyl (C=O) groups is 4. The largest absolute Gasteiger partial charge is 0.472 e. The fraction of sp³-hybridized carbons (Fsp3) is 0.953. The standard InChI is InChI=1S/C85H166O17P2/c1-8-10-11-12-13-14-15-16-17-18-19-23-26-29-32-37-45-52-59-66-82(87)95-72-80(101-84(89)68-61-54-47-38-33-30-27-24-21-20-22-25-28-31-36-44-51-58-65-78(7)9-2)74-99-103(91,92)97-70-79(86)71-98-104(93,94)100-75-81(73-96-83(88)67-60-53-46-41-40-43-50-57-64-77(5)6)102-85(90)69-62-55-48-39-34-35-42-49-56-63-76(3)4/h76-81,86H,8-75H2,1-7H3,(H,91,92)(H,93,94)/t78?,79-,80-,81-/m1/s1. The van der Waals surface area contributed by atoms with Crippen LogP contribution in [0.3, 0.4) is 0 Å². The normalized spacial score (nSPS) is 14.2. The van der Waals surface area contributed by atoms with E-state index in [9.17, 15) is 43.2 Å². The van der Waals surface area contributed by atoms with Gasteiger partial charge in [0.15, 0.2) is 12.2 Å². The first-order chi connectivity index (χ1) is 50.3. The quantitative estimate of drug-likeness (QED) is 0.0222. The number of phosphoric ester groups is 2. The molecule has 0 rings (SSSR count). The van der Waals surface area contributed by atoms with Crippen LogP contribution in [0.4, 0.5) is 0 Å². The van der Waals surface area contributed by atoms with E-state index in [4.69, 9.17) is 37.0 Å². The lowest BCUT2D eigenvalue weighted by molar-refractivity contribution is -0.161. The second kappa shape index (κ2) is 75.1. The number of rotatable bonds is 83. The van der Waals surface area contributed by atoms with Crippen molar-refractivity contribution in [2.24, 2.45) is 17.8 Å². The summed E-state index contributed by atoms with van der Waals surface area (Å²) in [5.41, 5.74) is 0. The predicted molar refractivity (Wildman–Crippen MR) is 428 cm³/mol. The molecule has 0 saturated carbocycles. The van der Waals surface area contributed by atoms with Crippen LogP contribution in [0.15, 0.2) is 0 Å². The Morgan fingerprint density at radius 3 is 0.731 bits per heavy atom. The summed E-state index contributed by atoms with van der Waals surface area (Å²) in [6.07, 6.45) is 65.4. The summed E-state index contributed by atoms with van der Waals surface area (Å²) in [7, 11) is -9.93. The molecular formula is C85H166O17P2. The van der Waals surface area contributed by atoms with Gasteiger partial charge in [-0.3, -0.25) is 37.3 Å². The number of unbranched alkanes of at least 4 members (excludes halogenated alkanes) is 50. The Kier molecular flexibility index (Phi) is 73.7. The second-order valence-corrected chi connectivity index (χ2v) is 34.7. The lowest BCUT2D eigenvalue weighted by Gasteiger charge is -2.21. The minimum atomic E-state index is -4.97. The second-order valence-electron chi connectivity index (χ2n) is 31.8. The van der Waals surface area contributed by atoms with Crippen molar-refractivity contribution in [2.45, 2.75) is 465 Å². The number of aliphatic hydroxyl groups excluding tert-OH is 1. The summed E-state index contributed by atoms with van der Waals surface area (Å²) in [5, 5.41) is 10.7. The first kappa shape index (κ1) is 102. The summed E-state index contributed by atoms with van der Waals surface area (Å²) in [5.74, 6) is 0.225. The molecule has 0 aromatic rings. The van der Waals surface area contributed by atoms with Crippen LogP contribution in [-0.2, 0) is 65.4 Å². The third-order valence-corrected chi connectivity index (χ3v) is 22.1. The zero-order valence-electron chi connectivity index (χ0n) is 68.5. The minimum Gasteiger partial charge on any atom is -0.462 e. The van der Waals surface area contributed by atoms with Crippen LogP contribution in [0.5, 0.6) is 0 Å². The van der Waals surface area contributed by atoms with Gasteiger partial charge >= 0.3 is 39.5 Å². The van der Waals surface area contributed by atoms with Crippen LogP contribution in [0.25, 0.3) is 0 Å². The number of carbonyl (C=O) groups excluding carboxylic acids is 4. The Balaban J connectivity index is 5.22. The molecule has 0 fully saturated rings. The maximum Gasteiger partial charge on any atom is 0.472 e. The predicted octanol–water partition coefficient (Wildman–Crippen LogP) is 25.7. The van der Waals surface area contributed by atoms with Gasteiger partial charge in [-0.15, -0.1) is 0 Å². The van der Waals surface area contributed by atoms with Gasteiger partial charge in [-0.05, 0) is 43.4 Å². The van der Waals surface area contributed by atoms with Crippen LogP contribution in [0.1, 0.15) is 447 Å². The van der Waals surface area contributed by atoms with Crippen molar-refractivity contribution >= 4 is 39.5 Å². The lowest BCUT2D eigenvalue weighted by atomic mass is 9.99. The number of ether oxygens (including phenoxy) is 4. The highest BCUT2D eigenvalue weighted by Gasteiger charge is 2.30. The summed E-state index contributed by atoms with van der Waals surface area (Å²) in [4.78, 5) is 73.1. The van der Waals surface area contributed by atoms with Crippen LogP contribution in [0.2, 0.25) is 0 Å². The zero-order valence-corrected chi connectivity index (χ0v) is 70.3. The van der Waals surface area contributed by atoms with Gasteiger partial charge in [-0.2, -0.15) is 0 Å². The molecule has 0 aromatic heterocycles. The molecule has 0 aliphatic rings. The van der Waals surface area contributed by atoms with E-state index in [0.29, 0.717) is 25.7 Å². The van der Waals surface area contributed by atoms with Gasteiger partial charge in [-0.1, -0.05) is 395 Å². The van der Waals surface area contributed by atoms with E-state index in [1.54, 1.807) is 0 Å². The number of hydrogen-bond acceptors (Lipinski definition) is 15. The topological polar surface area (TPSA) is 237 Å². The van der Waals surface area contributed by atoms with Gasteiger partial charge in [0.25, 0.3) is 0 Å². The van der Waals surface area contributed by atoms with E-state index < -0.39 is 97.5 Å². The Labute approximate surface area is 638 Å². The first-order valence-electron chi connectivity index (χ1n) is 43.9. The van der Waals surface area contributed by atoms with Gasteiger partial charge < -0.3 is 33.8 Å². The maximum atomic E-state index is 13.1. The Bertz CT molecular complexity index is 2010. The molecule has 0 amide bonds. The fourth-order valence-corrected chi connectivity index (χ4v) is 14.7. The molecule has 0 aromatic carbocycles. The van der Waals surface area contributed by atoms with E-state index in [0.717, 1.165) is 108 Å². The van der Waals surface area contributed by atoms with E-state index in [-0.39, 0.29) is 25.7 Å². The monoisotopic (exact) mass is 1520 g/mol. The molecule has 17 nitrogen and oxygen atoms in total. The average Bonchev–Trinajstić information content (AvgIpc) is 1.03. The van der Waals surface area contributed by atoms with Crippen molar-refractivity contribution in [1.29, 1.82) is 0 Å². The van der Waals surface area contributed by atoms with Crippen molar-refractivity contribution in [3.05, 3.63) is 0 Å². The number of aliphatic hydroxyl groups is 1. The Morgan fingerprint density at radius 2 is 0.490 bits per heavy atom. The fourth-order valence-electron chi connectivity index (χ4n) is 13.2. The van der Waals surface area contributed by atoms with E-state index >= 15 is 0 Å². The van der Waals surface area contributed by atoms with Crippen LogP contribution >= 0.6 is 15.6 Å². The molecule has 6 atom stereocenters. The molecule has 104 heavy (non-hydrogen) atoms. The van der Waals surface area contributed by atoms with Gasteiger partial charge in [0, 0.05) is 25.7 Å². The molecule has 618 valence electrons. The molecule has 0 aliphatic carbocycles. The molecule has 3 unspecified atom stereocenters. The molecule has 19 heteroatoms. The van der Waals surface area contributed by atoms with E-state index in [1.165, 1.54) is 257 Å². The highest BCUT2D eigenvalue weighted by molar-refractivity contribution is 7.47. The summed E-state index contributed by atoms with van der Waals surface area (Å²) in [6, 6.07) is 0. The highest BCUT2D eigenvalue weighted by Crippen LogP contribution is 2.45. The van der Waals surface area contributed by atoms with Crippen molar-refractivity contribution < 1.29 is 80.2 Å². The molecule has 0 radical (unpaired) electrons. The van der Waals surface area contributed by atoms with Crippen molar-refractivity contribution in [1.82, 2.24) is 0 Å². The molecular weight excluding hydrogens is 1350 g/mol. The van der Waals surface area contributed by atoms with Gasteiger partial charge in [0.1, 0.15) is 19.3 Å². The van der Waals surface area contributed by atoms with Gasteiger partial charge in [0.05, 0.1) is 26.4 Å². The summed E-state index contributed by atoms with van der Waals surface area (Å²) < 4.78 is 68.8. The molecule has 3 N–H and O–H groups in total. The van der Waals surface area contributed by atoms with Crippen LogP contribution in [0, 0.1) is 17.8 Å². The number of esters is 4. The maximum absolute atomic E-state index is 13.1. The highest BCUT2D eigenvalue weighted by atomic mass is 31.2. The van der Waals surface area contributed by atoms with Crippen molar-refractivity contribution in [3.63, 3.8) is 0 Å². The Morgan fingerprint density at radius 1 is 0.279 bits per heavy atom. The summed E-state index contributed by atoms with van der Waals surface area (Å²) >= 11 is 0. The first-order valence-corrected chi connectivity index (χ1v) is 46.9. The smallest absolute Gasteiger partial charge is 0.462 e. The van der Waals surface area contributed by atoms with Gasteiger partial charge in [0.2, 0.25) is 0 Å². The lowest BCUT2D eigenvalue weighted by Crippen LogP contribution is -2.30. The van der Waals surface area contributed by atoms with Gasteiger partial charge in [-0.25, -0.2) is 9.13 Å². The molecule has 0 aliphatic heterocycles. The minimum absolute atomic E-state index is 0.105. The molecule has 0 heterocycles. The van der Waals surface area contributed by atoms with E-state index in [2.05, 4.69) is 48.5 Å². The third kappa shape index (κ3) is 76.8. The summed E-state index contributed by atoms with van der Waals surface area (Å²) in [6.45, 7) is 12.0. The number of hydrogen-bond donors (Lipinski definition) is 3. The third-order valence-electron chi connectivity index (χ3n) is 20.2. The van der Waals surface area contributed by atoms with Crippen LogP contribution < -0.4 is 0 Å². The van der Waals surface area contributed by atoms with Crippen LogP contribution in [-0.4, -0.2) is 96.7 Å².